The highest BCUT2D eigenvalue weighted by atomic mass is 28.2. The van der Waals surface area contributed by atoms with E-state index in [0.717, 1.165) is 24.4 Å². The fourth-order valence-corrected chi connectivity index (χ4v) is 4.06. The Hall–Kier alpha value is -2.00. The van der Waals surface area contributed by atoms with E-state index in [9.17, 15) is 0 Å². The predicted octanol–water partition coefficient (Wildman–Crippen LogP) is 4.40. The number of anilines is 1. The van der Waals surface area contributed by atoms with Crippen LogP contribution in [0, 0.1) is 0 Å². The number of hydrogen-bond acceptors (Lipinski definition) is 2. The molecule has 2 aromatic carbocycles. The normalized spacial score (nSPS) is 11.3. The number of ether oxygens (including phenoxy) is 1. The lowest BCUT2D eigenvalue weighted by atomic mass is 10.1. The van der Waals surface area contributed by atoms with Gasteiger partial charge in [-0.05, 0) is 58.4 Å². The molecule has 0 saturated carbocycles. The second-order valence-corrected chi connectivity index (χ2v) is 8.89. The first kappa shape index (κ1) is 20.3. The summed E-state index contributed by atoms with van der Waals surface area (Å²) >= 11 is 0. The van der Waals surface area contributed by atoms with Crippen LogP contribution in [0.1, 0.15) is 47.1 Å². The van der Waals surface area contributed by atoms with Crippen LogP contribution in [0.2, 0.25) is 0 Å². The molecule has 0 aliphatic carbocycles. The molecular formula is C23H31NOSi. The van der Waals surface area contributed by atoms with E-state index in [1.54, 1.807) is 0 Å². The largest absolute Gasteiger partial charge is 0.486 e. The van der Waals surface area contributed by atoms with Crippen LogP contribution in [-0.4, -0.2) is 28.2 Å². The maximum absolute atomic E-state index is 6.45. The zero-order chi connectivity index (χ0) is 19.3. The maximum Gasteiger partial charge on any atom is 0.142 e. The third-order valence-corrected chi connectivity index (χ3v) is 5.40. The van der Waals surface area contributed by atoms with Crippen molar-refractivity contribution in [1.82, 2.24) is 0 Å². The lowest BCUT2D eigenvalue weighted by molar-refractivity contribution is 0.133. The monoisotopic (exact) mass is 365 g/mol. The van der Waals surface area contributed by atoms with Gasteiger partial charge < -0.3 is 9.64 Å². The first-order valence-electron chi connectivity index (χ1n) is 9.35. The van der Waals surface area contributed by atoms with Crippen molar-refractivity contribution in [3.8, 4) is 5.75 Å². The van der Waals surface area contributed by atoms with Crippen LogP contribution >= 0.6 is 0 Å². The summed E-state index contributed by atoms with van der Waals surface area (Å²) in [6.07, 6.45) is 0. The van der Waals surface area contributed by atoms with Gasteiger partial charge in [-0.15, -0.1) is 0 Å². The van der Waals surface area contributed by atoms with Gasteiger partial charge in [0.2, 0.25) is 0 Å². The van der Waals surface area contributed by atoms with Crippen LogP contribution in [0.15, 0.2) is 49.0 Å². The van der Waals surface area contributed by atoms with E-state index in [1.165, 1.54) is 21.6 Å². The molecule has 0 aliphatic heterocycles. The first-order valence-corrected chi connectivity index (χ1v) is 10.3. The second-order valence-electron chi connectivity index (χ2n) is 7.53. The molecule has 0 fully saturated rings. The quantitative estimate of drug-likeness (QED) is 0.674. The number of hydrogen-bond donors (Lipinski definition) is 0. The molecule has 0 spiro atoms. The van der Waals surface area contributed by atoms with Crippen molar-refractivity contribution in [3.05, 3.63) is 54.6 Å². The summed E-state index contributed by atoms with van der Waals surface area (Å²) in [4.78, 5) is 2.36. The van der Waals surface area contributed by atoms with Crippen molar-refractivity contribution < 1.29 is 4.74 Å². The minimum Gasteiger partial charge on any atom is -0.486 e. The fourth-order valence-electron chi connectivity index (χ4n) is 2.87. The molecule has 3 heteroatoms. The van der Waals surface area contributed by atoms with Gasteiger partial charge in [-0.2, -0.15) is 0 Å². The van der Waals surface area contributed by atoms with Crippen LogP contribution in [0.4, 0.5) is 5.69 Å². The Kier molecular flexibility index (Phi) is 6.71. The van der Waals surface area contributed by atoms with Crippen molar-refractivity contribution in [2.24, 2.45) is 0 Å². The first-order chi connectivity index (χ1) is 12.2. The highest BCUT2D eigenvalue weighted by Crippen LogP contribution is 2.29. The molecule has 2 aromatic rings. The third kappa shape index (κ3) is 5.25. The summed E-state index contributed by atoms with van der Waals surface area (Å²) in [7, 11) is 0.550. The van der Waals surface area contributed by atoms with E-state index in [2.05, 4.69) is 95.5 Å². The van der Waals surface area contributed by atoms with Gasteiger partial charge in [0.05, 0.1) is 5.69 Å². The Bertz CT molecular complexity index is 757. The van der Waals surface area contributed by atoms with Gasteiger partial charge in [-0.3, -0.25) is 0 Å². The molecule has 0 aromatic heterocycles. The third-order valence-electron chi connectivity index (χ3n) is 4.14. The summed E-state index contributed by atoms with van der Waals surface area (Å²) in [6, 6.07) is 15.2. The maximum atomic E-state index is 6.45. The SMILES string of the molecule is C=C(C)c1cccc([Si]c2cccc(N(CC)CC)c2OC(C)(C)C)c1. The zero-order valence-corrected chi connectivity index (χ0v) is 18.0. The highest BCUT2D eigenvalue weighted by molar-refractivity contribution is 6.68. The molecule has 138 valence electrons. The number of nitrogens with zero attached hydrogens (tertiary/aromatic N) is 1. The molecule has 0 saturated heterocycles. The topological polar surface area (TPSA) is 12.5 Å². The van der Waals surface area contributed by atoms with Gasteiger partial charge in [0.25, 0.3) is 0 Å². The molecule has 2 nitrogen and oxygen atoms in total. The molecule has 2 radical (unpaired) electrons. The van der Waals surface area contributed by atoms with E-state index in [1.807, 2.05) is 0 Å². The van der Waals surface area contributed by atoms with Gasteiger partial charge in [0.1, 0.15) is 20.9 Å². The van der Waals surface area contributed by atoms with Crippen molar-refractivity contribution >= 4 is 31.2 Å². The Morgan fingerprint density at radius 3 is 2.31 bits per heavy atom. The van der Waals surface area contributed by atoms with Gasteiger partial charge in [0.15, 0.2) is 0 Å². The molecule has 0 bridgehead atoms. The Balaban J connectivity index is 2.48. The molecule has 26 heavy (non-hydrogen) atoms. The highest BCUT2D eigenvalue weighted by Gasteiger charge is 2.20. The van der Waals surface area contributed by atoms with Gasteiger partial charge in [-0.25, -0.2) is 0 Å². The van der Waals surface area contributed by atoms with E-state index < -0.39 is 0 Å². The van der Waals surface area contributed by atoms with Gasteiger partial charge in [0, 0.05) is 13.1 Å². The Labute approximate surface area is 161 Å². The second kappa shape index (κ2) is 8.59. The molecule has 0 amide bonds. The summed E-state index contributed by atoms with van der Waals surface area (Å²) in [5.41, 5.74) is 3.25. The smallest absolute Gasteiger partial charge is 0.142 e. The van der Waals surface area contributed by atoms with Crippen molar-refractivity contribution in [2.75, 3.05) is 18.0 Å². The lowest BCUT2D eigenvalue weighted by Crippen LogP contribution is -2.35. The van der Waals surface area contributed by atoms with Crippen molar-refractivity contribution in [1.29, 1.82) is 0 Å². The van der Waals surface area contributed by atoms with E-state index in [-0.39, 0.29) is 5.60 Å². The zero-order valence-electron chi connectivity index (χ0n) is 17.0. The van der Waals surface area contributed by atoms with Crippen LogP contribution < -0.4 is 20.0 Å². The van der Waals surface area contributed by atoms with Crippen LogP contribution in [0.25, 0.3) is 5.57 Å². The molecular weight excluding hydrogens is 334 g/mol. The van der Waals surface area contributed by atoms with E-state index in [4.69, 9.17) is 4.74 Å². The summed E-state index contributed by atoms with van der Waals surface area (Å²) < 4.78 is 6.45. The number of rotatable bonds is 7. The summed E-state index contributed by atoms with van der Waals surface area (Å²) in [5.74, 6) is 1.02. The number of benzene rings is 2. The molecule has 0 aliphatic rings. The average molecular weight is 366 g/mol. The molecule has 0 atom stereocenters. The minimum absolute atomic E-state index is 0.234. The van der Waals surface area contributed by atoms with Crippen LogP contribution in [0.3, 0.4) is 0 Å². The fraction of sp³-hybridized carbons (Fsp3) is 0.391. The molecule has 0 unspecified atom stereocenters. The minimum atomic E-state index is -0.234. The predicted molar refractivity (Wildman–Crippen MR) is 117 cm³/mol. The van der Waals surface area contributed by atoms with Crippen molar-refractivity contribution in [2.45, 2.75) is 47.1 Å². The van der Waals surface area contributed by atoms with Crippen LogP contribution in [-0.2, 0) is 0 Å². The molecule has 2 rings (SSSR count). The Morgan fingerprint density at radius 1 is 1.08 bits per heavy atom. The average Bonchev–Trinajstić information content (AvgIpc) is 2.57. The van der Waals surface area contributed by atoms with E-state index in [0.29, 0.717) is 9.52 Å². The van der Waals surface area contributed by atoms with Gasteiger partial charge in [-0.1, -0.05) is 53.7 Å². The summed E-state index contributed by atoms with van der Waals surface area (Å²) in [5, 5.41) is 2.56. The van der Waals surface area contributed by atoms with Gasteiger partial charge >= 0.3 is 0 Å². The van der Waals surface area contributed by atoms with Crippen molar-refractivity contribution in [3.63, 3.8) is 0 Å². The summed E-state index contributed by atoms with van der Waals surface area (Å²) in [6.45, 7) is 18.8. The number of para-hydroxylation sites is 1. The Morgan fingerprint density at radius 2 is 1.73 bits per heavy atom. The molecule has 0 N–H and O–H groups in total. The molecule has 0 heterocycles. The van der Waals surface area contributed by atoms with E-state index >= 15 is 0 Å². The number of allylic oxidation sites excluding steroid dienone is 1. The lowest BCUT2D eigenvalue weighted by Gasteiger charge is -2.30. The van der Waals surface area contributed by atoms with Crippen LogP contribution in [0.5, 0.6) is 5.75 Å². The standard InChI is InChI=1S/C23H31NOSi/c1-8-24(9-2)20-14-11-15-21(22(20)25-23(5,6)7)26-19-13-10-12-18(16-19)17(3)4/h10-16H,3,8-9H2,1-2,4-7H3.